The van der Waals surface area contributed by atoms with Gasteiger partial charge in [-0.3, -0.25) is 0 Å². The van der Waals surface area contributed by atoms with Gasteiger partial charge >= 0.3 is 0 Å². The van der Waals surface area contributed by atoms with E-state index in [9.17, 15) is 5.11 Å². The van der Waals surface area contributed by atoms with Gasteiger partial charge in [-0.25, -0.2) is 0 Å². The van der Waals surface area contributed by atoms with Crippen LogP contribution in [0.25, 0.3) is 0 Å². The van der Waals surface area contributed by atoms with Crippen LogP contribution < -0.4 is 5.73 Å². The molecule has 2 rings (SSSR count). The predicted molar refractivity (Wildman–Crippen MR) is 74.2 cm³/mol. The summed E-state index contributed by atoms with van der Waals surface area (Å²) in [5, 5.41) is 10.2. The van der Waals surface area contributed by atoms with Crippen molar-refractivity contribution in [2.24, 2.45) is 5.73 Å². The molecule has 3 N–H and O–H groups in total. The van der Waals surface area contributed by atoms with Crippen LogP contribution in [-0.4, -0.2) is 5.11 Å². The summed E-state index contributed by atoms with van der Waals surface area (Å²) < 4.78 is 1.05. The lowest BCUT2D eigenvalue weighted by Crippen LogP contribution is -2.33. The average molecular weight is 298 g/mol. The first kappa shape index (κ1) is 12.9. The van der Waals surface area contributed by atoms with Gasteiger partial charge in [0.05, 0.1) is 0 Å². The molecule has 0 amide bonds. The number of benzene rings is 1. The number of phenols is 1. The zero-order valence-corrected chi connectivity index (χ0v) is 12.0. The van der Waals surface area contributed by atoms with Crippen LogP contribution in [0.5, 0.6) is 5.75 Å². The number of hydrogen-bond acceptors (Lipinski definition) is 2. The molecule has 1 aromatic rings. The van der Waals surface area contributed by atoms with Gasteiger partial charge in [-0.1, -0.05) is 42.6 Å². The molecule has 0 bridgehead atoms. The van der Waals surface area contributed by atoms with Gasteiger partial charge in [-0.05, 0) is 36.5 Å². The third kappa shape index (κ3) is 2.36. The van der Waals surface area contributed by atoms with Gasteiger partial charge in [-0.2, -0.15) is 0 Å². The minimum atomic E-state index is -0.331. The molecular weight excluding hydrogens is 278 g/mol. The van der Waals surface area contributed by atoms with Crippen molar-refractivity contribution in [2.45, 2.75) is 51.0 Å². The molecule has 0 radical (unpaired) electrons. The Morgan fingerprint density at radius 3 is 2.41 bits per heavy atom. The molecule has 94 valence electrons. The molecule has 1 aliphatic rings. The summed E-state index contributed by atoms with van der Waals surface area (Å²) in [7, 11) is 0. The van der Waals surface area contributed by atoms with Crippen LogP contribution in [0.4, 0.5) is 0 Å². The molecule has 0 atom stereocenters. The molecule has 0 aliphatic heterocycles. The highest BCUT2D eigenvalue weighted by atomic mass is 79.9. The molecule has 3 heteroatoms. The van der Waals surface area contributed by atoms with Crippen LogP contribution in [0, 0.1) is 0 Å². The van der Waals surface area contributed by atoms with E-state index in [1.165, 1.54) is 0 Å². The highest BCUT2D eigenvalue weighted by molar-refractivity contribution is 9.10. The highest BCUT2D eigenvalue weighted by Gasteiger charge is 2.34. The number of aromatic hydroxyl groups is 1. The first-order chi connectivity index (χ1) is 7.94. The standard InChI is InChI=1S/C14H20BrNO/c1-9(2)10-7-13(17)11(8-12(10)15)14(16)5-3-4-6-14/h7-9,17H,3-6,16H2,1-2H3. The third-order valence-corrected chi connectivity index (χ3v) is 4.46. The summed E-state index contributed by atoms with van der Waals surface area (Å²) >= 11 is 3.59. The molecule has 0 unspecified atom stereocenters. The maximum absolute atomic E-state index is 10.2. The van der Waals surface area contributed by atoms with E-state index >= 15 is 0 Å². The Hall–Kier alpha value is -0.540. The van der Waals surface area contributed by atoms with Crippen molar-refractivity contribution in [3.63, 3.8) is 0 Å². The summed E-state index contributed by atoms with van der Waals surface area (Å²) in [6, 6.07) is 3.87. The number of rotatable bonds is 2. The monoisotopic (exact) mass is 297 g/mol. The average Bonchev–Trinajstić information content (AvgIpc) is 2.69. The van der Waals surface area contributed by atoms with Gasteiger partial charge in [0.15, 0.2) is 0 Å². The summed E-state index contributed by atoms with van der Waals surface area (Å²) in [5.41, 5.74) is 8.09. The van der Waals surface area contributed by atoms with E-state index in [1.54, 1.807) is 0 Å². The second kappa shape index (κ2) is 4.62. The second-order valence-corrected chi connectivity index (χ2v) is 6.26. The quantitative estimate of drug-likeness (QED) is 0.866. The molecular formula is C14H20BrNO. The van der Waals surface area contributed by atoms with Crippen LogP contribution >= 0.6 is 15.9 Å². The zero-order valence-electron chi connectivity index (χ0n) is 10.5. The Labute approximate surface area is 111 Å². The van der Waals surface area contributed by atoms with Gasteiger partial charge in [0.1, 0.15) is 5.75 Å². The molecule has 1 saturated carbocycles. The molecule has 17 heavy (non-hydrogen) atoms. The Balaban J connectivity index is 2.46. The van der Waals surface area contributed by atoms with Crippen LogP contribution in [0.1, 0.15) is 56.6 Å². The number of phenolic OH excluding ortho intramolecular Hbond substituents is 1. The zero-order chi connectivity index (χ0) is 12.6. The first-order valence-electron chi connectivity index (χ1n) is 6.26. The van der Waals surface area contributed by atoms with Gasteiger partial charge in [-0.15, -0.1) is 0 Å². The van der Waals surface area contributed by atoms with Crippen molar-refractivity contribution >= 4 is 15.9 Å². The fourth-order valence-corrected chi connectivity index (χ4v) is 3.50. The molecule has 2 nitrogen and oxygen atoms in total. The van der Waals surface area contributed by atoms with E-state index < -0.39 is 0 Å². The van der Waals surface area contributed by atoms with Crippen LogP contribution in [-0.2, 0) is 5.54 Å². The van der Waals surface area contributed by atoms with Crippen molar-refractivity contribution < 1.29 is 5.11 Å². The fraction of sp³-hybridized carbons (Fsp3) is 0.571. The minimum absolute atomic E-state index is 0.331. The SMILES string of the molecule is CC(C)c1cc(O)c(C2(N)CCCC2)cc1Br. The fourth-order valence-electron chi connectivity index (χ4n) is 2.69. The van der Waals surface area contributed by atoms with Gasteiger partial charge in [0, 0.05) is 15.6 Å². The van der Waals surface area contributed by atoms with Crippen LogP contribution in [0.2, 0.25) is 0 Å². The lowest BCUT2D eigenvalue weighted by Gasteiger charge is -2.26. The Morgan fingerprint density at radius 1 is 1.29 bits per heavy atom. The molecule has 0 aromatic heterocycles. The van der Waals surface area contributed by atoms with E-state index in [0.29, 0.717) is 11.7 Å². The summed E-state index contributed by atoms with van der Waals surface area (Å²) in [6.45, 7) is 4.24. The normalized spacial score (nSPS) is 18.9. The molecule has 1 fully saturated rings. The lowest BCUT2D eigenvalue weighted by molar-refractivity contribution is 0.408. The van der Waals surface area contributed by atoms with Gasteiger partial charge in [0.2, 0.25) is 0 Å². The lowest BCUT2D eigenvalue weighted by atomic mass is 9.87. The van der Waals surface area contributed by atoms with E-state index in [0.717, 1.165) is 41.3 Å². The second-order valence-electron chi connectivity index (χ2n) is 5.41. The minimum Gasteiger partial charge on any atom is -0.508 e. The Morgan fingerprint density at radius 2 is 1.88 bits per heavy atom. The summed E-state index contributed by atoms with van der Waals surface area (Å²) in [6.07, 6.45) is 4.24. The molecule has 0 heterocycles. The molecule has 1 aliphatic carbocycles. The van der Waals surface area contributed by atoms with E-state index in [2.05, 4.69) is 29.8 Å². The molecule has 0 spiro atoms. The van der Waals surface area contributed by atoms with Gasteiger partial charge < -0.3 is 10.8 Å². The van der Waals surface area contributed by atoms with Crippen molar-refractivity contribution in [2.75, 3.05) is 0 Å². The van der Waals surface area contributed by atoms with Crippen molar-refractivity contribution in [1.29, 1.82) is 0 Å². The predicted octanol–water partition coefficient (Wildman–Crippen LogP) is 4.01. The first-order valence-corrected chi connectivity index (χ1v) is 7.05. The smallest absolute Gasteiger partial charge is 0.120 e. The van der Waals surface area contributed by atoms with E-state index in [-0.39, 0.29) is 5.54 Å². The van der Waals surface area contributed by atoms with E-state index in [4.69, 9.17) is 5.73 Å². The third-order valence-electron chi connectivity index (χ3n) is 3.77. The van der Waals surface area contributed by atoms with Crippen molar-refractivity contribution in [3.05, 3.63) is 27.7 Å². The Kier molecular flexibility index (Phi) is 3.50. The summed E-state index contributed by atoms with van der Waals surface area (Å²) in [4.78, 5) is 0. The number of nitrogens with two attached hydrogens (primary N) is 1. The number of halogens is 1. The maximum Gasteiger partial charge on any atom is 0.120 e. The van der Waals surface area contributed by atoms with Crippen LogP contribution in [0.3, 0.4) is 0 Å². The summed E-state index contributed by atoms with van der Waals surface area (Å²) in [5.74, 6) is 0.739. The Bertz CT molecular complexity index is 422. The highest BCUT2D eigenvalue weighted by Crippen LogP contribution is 2.43. The topological polar surface area (TPSA) is 46.2 Å². The van der Waals surface area contributed by atoms with Crippen LogP contribution in [0.15, 0.2) is 16.6 Å². The largest absolute Gasteiger partial charge is 0.508 e. The van der Waals surface area contributed by atoms with Crippen molar-refractivity contribution in [1.82, 2.24) is 0 Å². The van der Waals surface area contributed by atoms with Crippen molar-refractivity contribution in [3.8, 4) is 5.75 Å². The maximum atomic E-state index is 10.2. The molecule has 1 aromatic carbocycles. The van der Waals surface area contributed by atoms with Gasteiger partial charge in [0.25, 0.3) is 0 Å². The van der Waals surface area contributed by atoms with E-state index in [1.807, 2.05) is 12.1 Å². The number of hydrogen-bond donors (Lipinski definition) is 2. The molecule has 0 saturated heterocycles.